The molecule has 1 rings (SSSR count). The SMILES string of the molecule is CCOC(=O)C(C)Nc1cc(OCC)ccc1OCC. The normalized spacial score (nSPS) is 11.6. The van der Waals surface area contributed by atoms with Gasteiger partial charge >= 0.3 is 5.97 Å². The van der Waals surface area contributed by atoms with Crippen LogP contribution in [0.2, 0.25) is 0 Å². The van der Waals surface area contributed by atoms with Crippen molar-refractivity contribution in [3.8, 4) is 11.5 Å². The molecule has 1 unspecified atom stereocenters. The van der Waals surface area contributed by atoms with E-state index in [1.807, 2.05) is 32.0 Å². The molecule has 0 heterocycles. The fraction of sp³-hybridized carbons (Fsp3) is 0.533. The molecular weight excluding hydrogens is 258 g/mol. The van der Waals surface area contributed by atoms with Crippen LogP contribution in [-0.2, 0) is 9.53 Å². The van der Waals surface area contributed by atoms with Crippen molar-refractivity contribution in [3.63, 3.8) is 0 Å². The number of ether oxygens (including phenoxy) is 3. The minimum Gasteiger partial charge on any atom is -0.494 e. The van der Waals surface area contributed by atoms with Crippen LogP contribution >= 0.6 is 0 Å². The second-order valence-corrected chi connectivity index (χ2v) is 4.14. The number of carbonyl (C=O) groups excluding carboxylic acids is 1. The fourth-order valence-electron chi connectivity index (χ4n) is 1.72. The zero-order valence-corrected chi connectivity index (χ0v) is 12.6. The maximum absolute atomic E-state index is 11.7. The van der Waals surface area contributed by atoms with Gasteiger partial charge in [0.1, 0.15) is 17.5 Å². The van der Waals surface area contributed by atoms with Gasteiger partial charge in [-0.2, -0.15) is 0 Å². The second-order valence-electron chi connectivity index (χ2n) is 4.14. The fourth-order valence-corrected chi connectivity index (χ4v) is 1.72. The van der Waals surface area contributed by atoms with Crippen LogP contribution in [0.3, 0.4) is 0 Å². The highest BCUT2D eigenvalue weighted by atomic mass is 16.5. The summed E-state index contributed by atoms with van der Waals surface area (Å²) in [6.45, 7) is 8.87. The van der Waals surface area contributed by atoms with Gasteiger partial charge in [0.25, 0.3) is 0 Å². The van der Waals surface area contributed by atoms with Gasteiger partial charge in [-0.3, -0.25) is 0 Å². The average molecular weight is 281 g/mol. The summed E-state index contributed by atoms with van der Waals surface area (Å²) < 4.78 is 16.0. The molecule has 5 nitrogen and oxygen atoms in total. The molecule has 0 aliphatic rings. The van der Waals surface area contributed by atoms with Crippen molar-refractivity contribution < 1.29 is 19.0 Å². The van der Waals surface area contributed by atoms with E-state index in [2.05, 4.69) is 5.32 Å². The van der Waals surface area contributed by atoms with Crippen LogP contribution in [0.1, 0.15) is 27.7 Å². The molecule has 0 aromatic heterocycles. The van der Waals surface area contributed by atoms with Crippen LogP contribution in [0.5, 0.6) is 11.5 Å². The Morgan fingerprint density at radius 3 is 2.45 bits per heavy atom. The lowest BCUT2D eigenvalue weighted by Crippen LogP contribution is -2.28. The van der Waals surface area contributed by atoms with E-state index in [4.69, 9.17) is 14.2 Å². The van der Waals surface area contributed by atoms with Crippen molar-refractivity contribution in [2.24, 2.45) is 0 Å². The lowest BCUT2D eigenvalue weighted by atomic mass is 10.2. The third-order valence-electron chi connectivity index (χ3n) is 2.57. The predicted molar refractivity (Wildman–Crippen MR) is 78.5 cm³/mol. The maximum Gasteiger partial charge on any atom is 0.328 e. The largest absolute Gasteiger partial charge is 0.494 e. The van der Waals surface area contributed by atoms with Crippen LogP contribution in [0, 0.1) is 0 Å². The van der Waals surface area contributed by atoms with E-state index in [0.29, 0.717) is 25.6 Å². The monoisotopic (exact) mass is 281 g/mol. The molecule has 1 N–H and O–H groups in total. The Balaban J connectivity index is 2.88. The van der Waals surface area contributed by atoms with Crippen molar-refractivity contribution >= 4 is 11.7 Å². The summed E-state index contributed by atoms with van der Waals surface area (Å²) in [4.78, 5) is 11.7. The topological polar surface area (TPSA) is 56.8 Å². The number of nitrogens with one attached hydrogen (secondary N) is 1. The molecule has 0 amide bonds. The van der Waals surface area contributed by atoms with Crippen molar-refractivity contribution in [2.45, 2.75) is 33.7 Å². The first-order valence-corrected chi connectivity index (χ1v) is 6.95. The molecule has 1 aromatic carbocycles. The summed E-state index contributed by atoms with van der Waals surface area (Å²) in [5.41, 5.74) is 0.721. The van der Waals surface area contributed by atoms with Gasteiger partial charge in [-0.05, 0) is 39.8 Å². The van der Waals surface area contributed by atoms with E-state index in [1.54, 1.807) is 13.8 Å². The minimum atomic E-state index is -0.453. The van der Waals surface area contributed by atoms with Crippen molar-refractivity contribution in [3.05, 3.63) is 18.2 Å². The van der Waals surface area contributed by atoms with E-state index in [-0.39, 0.29) is 5.97 Å². The molecule has 0 aliphatic heterocycles. The highest BCUT2D eigenvalue weighted by molar-refractivity contribution is 5.79. The molecule has 5 heteroatoms. The third kappa shape index (κ3) is 4.64. The molecule has 0 radical (unpaired) electrons. The van der Waals surface area contributed by atoms with Gasteiger partial charge in [-0.25, -0.2) is 4.79 Å². The molecule has 0 spiro atoms. The van der Waals surface area contributed by atoms with E-state index in [1.165, 1.54) is 0 Å². The molecule has 0 aliphatic carbocycles. The third-order valence-corrected chi connectivity index (χ3v) is 2.57. The number of benzene rings is 1. The molecule has 0 fully saturated rings. The summed E-state index contributed by atoms with van der Waals surface area (Å²) in [5.74, 6) is 1.12. The number of carbonyl (C=O) groups is 1. The van der Waals surface area contributed by atoms with Crippen LogP contribution in [0.4, 0.5) is 5.69 Å². The van der Waals surface area contributed by atoms with Crippen molar-refractivity contribution in [2.75, 3.05) is 25.1 Å². The number of rotatable bonds is 8. The predicted octanol–water partition coefficient (Wildman–Crippen LogP) is 2.85. The Morgan fingerprint density at radius 1 is 1.15 bits per heavy atom. The van der Waals surface area contributed by atoms with Gasteiger partial charge in [-0.1, -0.05) is 0 Å². The quantitative estimate of drug-likeness (QED) is 0.743. The molecule has 112 valence electrons. The highest BCUT2D eigenvalue weighted by Gasteiger charge is 2.16. The molecule has 20 heavy (non-hydrogen) atoms. The Bertz CT molecular complexity index is 434. The standard InChI is InChI=1S/C15H23NO4/c1-5-18-12-8-9-14(19-6-2)13(10-12)16-11(4)15(17)20-7-3/h8-11,16H,5-7H2,1-4H3. The van der Waals surface area contributed by atoms with Gasteiger partial charge in [-0.15, -0.1) is 0 Å². The van der Waals surface area contributed by atoms with Gasteiger partial charge < -0.3 is 19.5 Å². The minimum absolute atomic E-state index is 0.295. The average Bonchev–Trinajstić information content (AvgIpc) is 2.42. The van der Waals surface area contributed by atoms with Gasteiger partial charge in [0.05, 0.1) is 25.5 Å². The Labute approximate surface area is 120 Å². The number of hydrogen-bond donors (Lipinski definition) is 1. The number of anilines is 1. The second kappa shape index (κ2) is 8.30. The molecule has 1 aromatic rings. The first-order valence-electron chi connectivity index (χ1n) is 6.95. The summed E-state index contributed by atoms with van der Waals surface area (Å²) in [6, 6.07) is 5.04. The van der Waals surface area contributed by atoms with E-state index >= 15 is 0 Å². The molecule has 0 saturated heterocycles. The van der Waals surface area contributed by atoms with Crippen LogP contribution in [0.15, 0.2) is 18.2 Å². The lowest BCUT2D eigenvalue weighted by Gasteiger charge is -2.18. The molecule has 0 saturated carbocycles. The molecule has 1 atom stereocenters. The van der Waals surface area contributed by atoms with Gasteiger partial charge in [0.2, 0.25) is 0 Å². The van der Waals surface area contributed by atoms with Crippen LogP contribution < -0.4 is 14.8 Å². The Kier molecular flexibility index (Phi) is 6.70. The van der Waals surface area contributed by atoms with Gasteiger partial charge in [0.15, 0.2) is 0 Å². The smallest absolute Gasteiger partial charge is 0.328 e. The van der Waals surface area contributed by atoms with Crippen molar-refractivity contribution in [1.29, 1.82) is 0 Å². The highest BCUT2D eigenvalue weighted by Crippen LogP contribution is 2.30. The Morgan fingerprint density at radius 2 is 1.85 bits per heavy atom. The maximum atomic E-state index is 11.7. The first kappa shape index (κ1) is 16.1. The number of esters is 1. The summed E-state index contributed by atoms with van der Waals surface area (Å²) in [6.07, 6.45) is 0. The van der Waals surface area contributed by atoms with Crippen LogP contribution in [0.25, 0.3) is 0 Å². The summed E-state index contributed by atoms with van der Waals surface area (Å²) in [7, 11) is 0. The Hall–Kier alpha value is -1.91. The summed E-state index contributed by atoms with van der Waals surface area (Å²) in [5, 5.41) is 3.10. The zero-order chi connectivity index (χ0) is 15.0. The van der Waals surface area contributed by atoms with Crippen LogP contribution in [-0.4, -0.2) is 31.8 Å². The van der Waals surface area contributed by atoms with Crippen molar-refractivity contribution in [1.82, 2.24) is 0 Å². The lowest BCUT2D eigenvalue weighted by molar-refractivity contribution is -0.143. The van der Waals surface area contributed by atoms with E-state index in [0.717, 1.165) is 11.4 Å². The first-order chi connectivity index (χ1) is 9.62. The molecule has 0 bridgehead atoms. The van der Waals surface area contributed by atoms with E-state index in [9.17, 15) is 4.79 Å². The molecular formula is C15H23NO4. The number of hydrogen-bond acceptors (Lipinski definition) is 5. The van der Waals surface area contributed by atoms with E-state index < -0.39 is 6.04 Å². The summed E-state index contributed by atoms with van der Waals surface area (Å²) >= 11 is 0. The zero-order valence-electron chi connectivity index (χ0n) is 12.6. The van der Waals surface area contributed by atoms with Gasteiger partial charge in [0, 0.05) is 6.07 Å².